The van der Waals surface area contributed by atoms with Gasteiger partial charge in [-0.15, -0.1) is 0 Å². The molecule has 0 saturated carbocycles. The first-order valence-electron chi connectivity index (χ1n) is 4.61. The Bertz CT molecular complexity index is 276. The Balaban J connectivity index is 2.52. The summed E-state index contributed by atoms with van der Waals surface area (Å²) in [6.45, 7) is 7.25. The highest BCUT2D eigenvalue weighted by atomic mass is 32.2. The fourth-order valence-electron chi connectivity index (χ4n) is 0.907. The van der Waals surface area contributed by atoms with Gasteiger partial charge >= 0.3 is 0 Å². The summed E-state index contributed by atoms with van der Waals surface area (Å²) in [6, 6.07) is 0. The maximum atomic E-state index is 4.21. The Labute approximate surface area is 89.7 Å². The molecule has 3 nitrogen and oxygen atoms in total. The lowest BCUT2D eigenvalue weighted by atomic mass is 10.1. The molecule has 0 unspecified atom stereocenters. The number of hydrogen-bond acceptors (Lipinski definition) is 4. The van der Waals surface area contributed by atoms with Gasteiger partial charge in [0.05, 0.1) is 0 Å². The van der Waals surface area contributed by atoms with Crippen LogP contribution < -0.4 is 5.32 Å². The van der Waals surface area contributed by atoms with Crippen molar-refractivity contribution in [2.45, 2.75) is 38.0 Å². The van der Waals surface area contributed by atoms with Crippen molar-refractivity contribution in [3.63, 3.8) is 0 Å². The molecule has 0 radical (unpaired) electrons. The van der Waals surface area contributed by atoms with Crippen LogP contribution in [0.15, 0.2) is 17.6 Å². The van der Waals surface area contributed by atoms with Gasteiger partial charge in [-0.3, -0.25) is 0 Å². The summed E-state index contributed by atoms with van der Waals surface area (Å²) in [5, 5.41) is 4.21. The molecule has 4 heteroatoms. The summed E-state index contributed by atoms with van der Waals surface area (Å²) in [5.74, 6) is 0. The number of hydrogen-bond donors (Lipinski definition) is 1. The van der Waals surface area contributed by atoms with Crippen molar-refractivity contribution in [2.24, 2.45) is 0 Å². The highest BCUT2D eigenvalue weighted by molar-refractivity contribution is 7.98. The Hall–Kier alpha value is -0.610. The lowest BCUT2D eigenvalue weighted by molar-refractivity contribution is 0.423. The van der Waals surface area contributed by atoms with Crippen molar-refractivity contribution in [1.82, 2.24) is 15.3 Å². The van der Waals surface area contributed by atoms with Gasteiger partial charge in [0.15, 0.2) is 5.16 Å². The SMILES string of the molecule is CSc1ncc(CNC(C)(C)C)cn1. The normalized spacial score (nSPS) is 11.7. The van der Waals surface area contributed by atoms with Crippen LogP contribution in [0.1, 0.15) is 26.3 Å². The molecule has 0 aliphatic heterocycles. The van der Waals surface area contributed by atoms with Gasteiger partial charge in [-0.25, -0.2) is 9.97 Å². The van der Waals surface area contributed by atoms with Gasteiger partial charge in [0.25, 0.3) is 0 Å². The van der Waals surface area contributed by atoms with Gasteiger partial charge in [0, 0.05) is 30.0 Å². The molecular weight excluding hydrogens is 194 g/mol. The van der Waals surface area contributed by atoms with E-state index < -0.39 is 0 Å². The number of nitrogens with one attached hydrogen (secondary N) is 1. The average molecular weight is 211 g/mol. The second kappa shape index (κ2) is 4.75. The van der Waals surface area contributed by atoms with Crippen LogP contribution in [-0.2, 0) is 6.54 Å². The Morgan fingerprint density at radius 2 is 1.86 bits per heavy atom. The summed E-state index contributed by atoms with van der Waals surface area (Å²) >= 11 is 1.56. The molecule has 14 heavy (non-hydrogen) atoms. The molecule has 0 spiro atoms. The van der Waals surface area contributed by atoms with Crippen LogP contribution in [0.2, 0.25) is 0 Å². The van der Waals surface area contributed by atoms with E-state index in [0.29, 0.717) is 0 Å². The van der Waals surface area contributed by atoms with Crippen LogP contribution in [0.25, 0.3) is 0 Å². The third-order valence-electron chi connectivity index (χ3n) is 1.69. The molecule has 0 saturated heterocycles. The van der Waals surface area contributed by atoms with Crippen LogP contribution in [0.5, 0.6) is 0 Å². The minimum Gasteiger partial charge on any atom is -0.308 e. The highest BCUT2D eigenvalue weighted by Crippen LogP contribution is 2.08. The standard InChI is InChI=1S/C10H17N3S/c1-10(2,3)13-7-8-5-11-9(14-4)12-6-8/h5-6,13H,7H2,1-4H3. The van der Waals surface area contributed by atoms with Gasteiger partial charge in [-0.05, 0) is 27.0 Å². The van der Waals surface area contributed by atoms with Crippen molar-refractivity contribution in [3.05, 3.63) is 18.0 Å². The number of nitrogens with zero attached hydrogens (tertiary/aromatic N) is 2. The van der Waals surface area contributed by atoms with Gasteiger partial charge in [-0.1, -0.05) is 11.8 Å². The number of thioether (sulfide) groups is 1. The first-order valence-corrected chi connectivity index (χ1v) is 5.84. The molecule has 1 heterocycles. The Kier molecular flexibility index (Phi) is 3.89. The molecule has 0 aliphatic rings. The lowest BCUT2D eigenvalue weighted by Gasteiger charge is -2.20. The molecule has 78 valence electrons. The van der Waals surface area contributed by atoms with E-state index in [4.69, 9.17) is 0 Å². The fourth-order valence-corrected chi connectivity index (χ4v) is 1.22. The van der Waals surface area contributed by atoms with Crippen molar-refractivity contribution in [2.75, 3.05) is 6.26 Å². The predicted octanol–water partition coefficient (Wildman–Crippen LogP) is 2.09. The van der Waals surface area contributed by atoms with E-state index >= 15 is 0 Å². The minimum atomic E-state index is 0.137. The van der Waals surface area contributed by atoms with Crippen molar-refractivity contribution in [3.8, 4) is 0 Å². The maximum absolute atomic E-state index is 4.21. The summed E-state index contributed by atoms with van der Waals surface area (Å²) in [6.07, 6.45) is 5.72. The topological polar surface area (TPSA) is 37.8 Å². The quantitative estimate of drug-likeness (QED) is 0.613. The monoisotopic (exact) mass is 211 g/mol. The van der Waals surface area contributed by atoms with E-state index in [-0.39, 0.29) is 5.54 Å². The third kappa shape index (κ3) is 4.07. The highest BCUT2D eigenvalue weighted by Gasteiger charge is 2.08. The zero-order chi connectivity index (χ0) is 10.6. The summed E-state index contributed by atoms with van der Waals surface area (Å²) in [5.41, 5.74) is 1.26. The van der Waals surface area contributed by atoms with E-state index in [0.717, 1.165) is 17.3 Å². The zero-order valence-corrected chi connectivity index (χ0v) is 9.98. The van der Waals surface area contributed by atoms with E-state index in [2.05, 4.69) is 36.1 Å². The minimum absolute atomic E-state index is 0.137. The molecule has 0 atom stereocenters. The number of aromatic nitrogens is 2. The average Bonchev–Trinajstić information content (AvgIpc) is 2.14. The van der Waals surface area contributed by atoms with Crippen molar-refractivity contribution in [1.29, 1.82) is 0 Å². The van der Waals surface area contributed by atoms with Crippen LogP contribution >= 0.6 is 11.8 Å². The molecule has 0 bridgehead atoms. The Morgan fingerprint density at radius 1 is 1.29 bits per heavy atom. The molecule has 1 aromatic heterocycles. The van der Waals surface area contributed by atoms with E-state index in [1.165, 1.54) is 0 Å². The predicted molar refractivity (Wildman–Crippen MR) is 60.4 cm³/mol. The van der Waals surface area contributed by atoms with Gasteiger partial charge in [0.2, 0.25) is 0 Å². The molecule has 0 aromatic carbocycles. The van der Waals surface area contributed by atoms with Gasteiger partial charge in [0.1, 0.15) is 0 Å². The number of rotatable bonds is 3. The second-order valence-electron chi connectivity index (χ2n) is 4.18. The summed E-state index contributed by atoms with van der Waals surface area (Å²) in [4.78, 5) is 8.42. The smallest absolute Gasteiger partial charge is 0.187 e. The third-order valence-corrected chi connectivity index (χ3v) is 2.26. The van der Waals surface area contributed by atoms with Crippen LogP contribution in [-0.4, -0.2) is 21.8 Å². The first kappa shape index (κ1) is 11.5. The maximum Gasteiger partial charge on any atom is 0.187 e. The molecule has 0 fully saturated rings. The molecule has 1 rings (SSSR count). The van der Waals surface area contributed by atoms with E-state index in [1.807, 2.05) is 18.6 Å². The Morgan fingerprint density at radius 3 is 2.29 bits per heavy atom. The zero-order valence-electron chi connectivity index (χ0n) is 9.16. The van der Waals surface area contributed by atoms with E-state index in [1.54, 1.807) is 11.8 Å². The molecule has 1 aromatic rings. The molecular formula is C10H17N3S. The first-order chi connectivity index (χ1) is 6.51. The van der Waals surface area contributed by atoms with Crippen LogP contribution in [0.4, 0.5) is 0 Å². The summed E-state index contributed by atoms with van der Waals surface area (Å²) in [7, 11) is 0. The molecule has 0 amide bonds. The van der Waals surface area contributed by atoms with Crippen molar-refractivity contribution >= 4 is 11.8 Å². The van der Waals surface area contributed by atoms with Crippen LogP contribution in [0.3, 0.4) is 0 Å². The molecule has 0 aliphatic carbocycles. The largest absolute Gasteiger partial charge is 0.308 e. The van der Waals surface area contributed by atoms with Crippen LogP contribution in [0, 0.1) is 0 Å². The summed E-state index contributed by atoms with van der Waals surface area (Å²) < 4.78 is 0. The van der Waals surface area contributed by atoms with Gasteiger partial charge < -0.3 is 5.32 Å². The van der Waals surface area contributed by atoms with Gasteiger partial charge in [-0.2, -0.15) is 0 Å². The van der Waals surface area contributed by atoms with E-state index in [9.17, 15) is 0 Å². The second-order valence-corrected chi connectivity index (χ2v) is 4.95. The van der Waals surface area contributed by atoms with Crippen molar-refractivity contribution < 1.29 is 0 Å². The lowest BCUT2D eigenvalue weighted by Crippen LogP contribution is -2.35. The fraction of sp³-hybridized carbons (Fsp3) is 0.600. The molecule has 1 N–H and O–H groups in total.